The van der Waals surface area contributed by atoms with Gasteiger partial charge in [-0.3, -0.25) is 4.68 Å². The molecule has 0 radical (unpaired) electrons. The Morgan fingerprint density at radius 3 is 2.82 bits per heavy atom. The van der Waals surface area contributed by atoms with Crippen molar-refractivity contribution >= 4 is 0 Å². The van der Waals surface area contributed by atoms with Crippen molar-refractivity contribution in [3.8, 4) is 0 Å². The third-order valence-corrected chi connectivity index (χ3v) is 3.05. The Kier molecular flexibility index (Phi) is 3.58. The van der Waals surface area contributed by atoms with Crippen LogP contribution in [0.4, 0.5) is 0 Å². The summed E-state index contributed by atoms with van der Waals surface area (Å²) < 4.78 is 1.93. The highest BCUT2D eigenvalue weighted by atomic mass is 15.3. The summed E-state index contributed by atoms with van der Waals surface area (Å²) in [5.74, 6) is 1.03. The molecule has 0 unspecified atom stereocenters. The molecule has 17 heavy (non-hydrogen) atoms. The van der Waals surface area contributed by atoms with Gasteiger partial charge in [-0.15, -0.1) is 0 Å². The number of aromatic nitrogens is 4. The van der Waals surface area contributed by atoms with E-state index in [9.17, 15) is 0 Å². The normalized spacial score (nSPS) is 11.0. The summed E-state index contributed by atoms with van der Waals surface area (Å²) in [6.45, 7) is 5.94. The zero-order valence-corrected chi connectivity index (χ0v) is 10.6. The minimum atomic E-state index is 0.867. The van der Waals surface area contributed by atoms with Crippen LogP contribution in [0.25, 0.3) is 0 Å². The Morgan fingerprint density at radius 1 is 1.41 bits per heavy atom. The maximum Gasteiger partial charge on any atom is 0.107 e. The summed E-state index contributed by atoms with van der Waals surface area (Å²) in [7, 11) is 1.98. The second kappa shape index (κ2) is 5.14. The van der Waals surface area contributed by atoms with E-state index in [0.717, 1.165) is 31.0 Å². The molecule has 0 aliphatic carbocycles. The molecule has 0 amide bonds. The molecule has 5 nitrogen and oxygen atoms in total. The second-order valence-corrected chi connectivity index (χ2v) is 4.24. The molecule has 0 aliphatic heterocycles. The molecule has 2 aromatic rings. The van der Waals surface area contributed by atoms with Gasteiger partial charge in [0.1, 0.15) is 5.82 Å². The third kappa shape index (κ3) is 2.74. The van der Waals surface area contributed by atoms with E-state index in [1.165, 1.54) is 11.3 Å². The van der Waals surface area contributed by atoms with Gasteiger partial charge in [-0.2, -0.15) is 5.10 Å². The predicted molar refractivity (Wildman–Crippen MR) is 66.7 cm³/mol. The number of H-pyrrole nitrogens is 1. The lowest BCUT2D eigenvalue weighted by Gasteiger charge is -2.04. The number of hydrogen-bond donors (Lipinski definition) is 2. The Labute approximate surface area is 101 Å². The van der Waals surface area contributed by atoms with Crippen LogP contribution in [0.15, 0.2) is 12.4 Å². The number of aryl methyl sites for hydroxylation is 2. The van der Waals surface area contributed by atoms with Crippen LogP contribution >= 0.6 is 0 Å². The monoisotopic (exact) mass is 233 g/mol. The number of nitrogens with zero attached hydrogens (tertiary/aromatic N) is 3. The lowest BCUT2D eigenvalue weighted by molar-refractivity contribution is 0.667. The smallest absolute Gasteiger partial charge is 0.107 e. The first-order valence-electron chi connectivity index (χ1n) is 5.86. The predicted octanol–water partition coefficient (Wildman–Crippen LogP) is 1.09. The van der Waals surface area contributed by atoms with E-state index in [-0.39, 0.29) is 0 Å². The van der Waals surface area contributed by atoms with Crippen molar-refractivity contribution in [2.45, 2.75) is 26.8 Å². The molecule has 0 fully saturated rings. The third-order valence-electron chi connectivity index (χ3n) is 3.05. The fraction of sp³-hybridized carbons (Fsp3) is 0.500. The first-order chi connectivity index (χ1) is 8.18. The zero-order chi connectivity index (χ0) is 12.3. The van der Waals surface area contributed by atoms with Gasteiger partial charge in [-0.25, -0.2) is 4.98 Å². The first-order valence-corrected chi connectivity index (χ1v) is 5.86. The molecule has 2 N–H and O–H groups in total. The van der Waals surface area contributed by atoms with E-state index in [1.54, 1.807) is 6.20 Å². The first kappa shape index (κ1) is 11.9. The Bertz CT molecular complexity index is 469. The molecule has 0 saturated heterocycles. The number of hydrogen-bond acceptors (Lipinski definition) is 3. The summed E-state index contributed by atoms with van der Waals surface area (Å²) in [4.78, 5) is 7.28. The number of imidazole rings is 1. The van der Waals surface area contributed by atoms with E-state index in [2.05, 4.69) is 34.2 Å². The molecule has 5 heteroatoms. The van der Waals surface area contributed by atoms with Crippen molar-refractivity contribution in [2.75, 3.05) is 6.54 Å². The second-order valence-electron chi connectivity index (χ2n) is 4.24. The molecule has 0 aliphatic rings. The van der Waals surface area contributed by atoms with Crippen LogP contribution in [-0.4, -0.2) is 26.3 Å². The van der Waals surface area contributed by atoms with Gasteiger partial charge >= 0.3 is 0 Å². The molecule has 2 heterocycles. The average molecular weight is 233 g/mol. The number of aromatic amines is 1. The minimum Gasteiger partial charge on any atom is -0.349 e. The van der Waals surface area contributed by atoms with Crippen molar-refractivity contribution in [2.24, 2.45) is 7.05 Å². The summed E-state index contributed by atoms with van der Waals surface area (Å²) in [6.07, 6.45) is 4.56. The zero-order valence-electron chi connectivity index (χ0n) is 10.6. The van der Waals surface area contributed by atoms with Crippen LogP contribution in [-0.2, 0) is 20.0 Å². The molecule has 2 aromatic heterocycles. The standard InChI is InChI=1S/C12H19N5/c1-9-11(10(2)17(3)16-9)8-13-5-4-12-14-6-7-15-12/h6-7,13H,4-5,8H2,1-3H3,(H,14,15). The molecular formula is C12H19N5. The van der Waals surface area contributed by atoms with E-state index in [1.807, 2.05) is 17.9 Å². The maximum atomic E-state index is 4.40. The van der Waals surface area contributed by atoms with Crippen LogP contribution < -0.4 is 5.32 Å². The molecule has 0 spiro atoms. The highest BCUT2D eigenvalue weighted by Gasteiger charge is 2.08. The van der Waals surface area contributed by atoms with Gasteiger partial charge in [0.15, 0.2) is 0 Å². The lowest BCUT2D eigenvalue weighted by Crippen LogP contribution is -2.18. The van der Waals surface area contributed by atoms with Crippen molar-refractivity contribution in [1.82, 2.24) is 25.1 Å². The Hall–Kier alpha value is -1.62. The van der Waals surface area contributed by atoms with Gasteiger partial charge < -0.3 is 10.3 Å². The SMILES string of the molecule is Cc1nn(C)c(C)c1CNCCc1ncc[nH]1. The largest absolute Gasteiger partial charge is 0.349 e. The topological polar surface area (TPSA) is 58.5 Å². The molecule has 2 rings (SSSR count). The summed E-state index contributed by atoms with van der Waals surface area (Å²) in [5, 5.41) is 7.82. The van der Waals surface area contributed by atoms with Gasteiger partial charge in [0.05, 0.1) is 5.69 Å². The van der Waals surface area contributed by atoms with Crippen LogP contribution in [0.2, 0.25) is 0 Å². The van der Waals surface area contributed by atoms with Gasteiger partial charge in [0, 0.05) is 50.2 Å². The van der Waals surface area contributed by atoms with Gasteiger partial charge in [-0.05, 0) is 13.8 Å². The molecule has 0 bridgehead atoms. The van der Waals surface area contributed by atoms with Crippen molar-refractivity contribution < 1.29 is 0 Å². The van der Waals surface area contributed by atoms with E-state index < -0.39 is 0 Å². The van der Waals surface area contributed by atoms with E-state index >= 15 is 0 Å². The van der Waals surface area contributed by atoms with Crippen molar-refractivity contribution in [3.63, 3.8) is 0 Å². The van der Waals surface area contributed by atoms with Crippen LogP contribution in [0.3, 0.4) is 0 Å². The quantitative estimate of drug-likeness (QED) is 0.760. The van der Waals surface area contributed by atoms with Crippen LogP contribution in [0.1, 0.15) is 22.8 Å². The number of rotatable bonds is 5. The fourth-order valence-electron chi connectivity index (χ4n) is 1.93. The summed E-state index contributed by atoms with van der Waals surface area (Å²) in [6, 6.07) is 0. The molecule has 0 aromatic carbocycles. The lowest BCUT2D eigenvalue weighted by atomic mass is 10.2. The molecule has 0 saturated carbocycles. The van der Waals surface area contributed by atoms with Crippen molar-refractivity contribution in [1.29, 1.82) is 0 Å². The van der Waals surface area contributed by atoms with Gasteiger partial charge in [0.25, 0.3) is 0 Å². The Morgan fingerprint density at radius 2 is 2.24 bits per heavy atom. The highest BCUT2D eigenvalue weighted by Crippen LogP contribution is 2.10. The van der Waals surface area contributed by atoms with Crippen molar-refractivity contribution in [3.05, 3.63) is 35.2 Å². The fourth-order valence-corrected chi connectivity index (χ4v) is 1.93. The molecular weight excluding hydrogens is 214 g/mol. The molecule has 92 valence electrons. The minimum absolute atomic E-state index is 0.867. The van der Waals surface area contributed by atoms with Crippen LogP contribution in [0, 0.1) is 13.8 Å². The summed E-state index contributed by atoms with van der Waals surface area (Å²) >= 11 is 0. The molecule has 0 atom stereocenters. The number of nitrogens with one attached hydrogen (secondary N) is 2. The maximum absolute atomic E-state index is 4.40. The highest BCUT2D eigenvalue weighted by molar-refractivity contribution is 5.23. The van der Waals surface area contributed by atoms with Crippen LogP contribution in [0.5, 0.6) is 0 Å². The summed E-state index contributed by atoms with van der Waals surface area (Å²) in [5.41, 5.74) is 3.63. The van der Waals surface area contributed by atoms with Gasteiger partial charge in [-0.1, -0.05) is 0 Å². The van der Waals surface area contributed by atoms with E-state index in [4.69, 9.17) is 0 Å². The Balaban J connectivity index is 1.82. The van der Waals surface area contributed by atoms with E-state index in [0.29, 0.717) is 0 Å². The average Bonchev–Trinajstić information content (AvgIpc) is 2.87. The van der Waals surface area contributed by atoms with Gasteiger partial charge in [0.2, 0.25) is 0 Å².